The third kappa shape index (κ3) is 5.67. The molecule has 2 aromatic carbocycles. The molecule has 1 amide bonds. The van der Waals surface area contributed by atoms with Gasteiger partial charge >= 0.3 is 0 Å². The van der Waals surface area contributed by atoms with Gasteiger partial charge in [0.2, 0.25) is 0 Å². The number of fused-ring (bicyclic) bond motifs is 1. The van der Waals surface area contributed by atoms with Gasteiger partial charge in [0.25, 0.3) is 11.5 Å². The minimum absolute atomic E-state index is 0.111. The second-order valence-electron chi connectivity index (χ2n) is 12.5. The number of pyridine rings is 2. The number of carbonyl (C=O) groups is 1. The van der Waals surface area contributed by atoms with E-state index in [0.29, 0.717) is 52.8 Å². The predicted molar refractivity (Wildman–Crippen MR) is 179 cm³/mol. The molecule has 0 bridgehead atoms. The number of hydrogen-bond donors (Lipinski definition) is 2. The number of benzene rings is 2. The Hall–Kier alpha value is -4.54. The fraction of sp³-hybridized carbons (Fsp3) is 0.361. The van der Waals surface area contributed by atoms with Crippen LogP contribution in [0.2, 0.25) is 0 Å². The van der Waals surface area contributed by atoms with Gasteiger partial charge in [-0.25, -0.2) is 9.37 Å². The number of nitrogens with zero attached hydrogens (tertiary/aromatic N) is 5. The molecule has 2 N–H and O–H groups in total. The van der Waals surface area contributed by atoms with Gasteiger partial charge in [-0.2, -0.15) is 0 Å². The zero-order valence-corrected chi connectivity index (χ0v) is 26.3. The molecule has 2 fully saturated rings. The van der Waals surface area contributed by atoms with E-state index in [-0.39, 0.29) is 17.7 Å². The molecule has 4 heterocycles. The van der Waals surface area contributed by atoms with Crippen LogP contribution in [0.3, 0.4) is 0 Å². The topological polar surface area (TPSA) is 93.9 Å². The Morgan fingerprint density at radius 1 is 1.02 bits per heavy atom. The number of hydrogen-bond acceptors (Lipinski definition) is 7. The van der Waals surface area contributed by atoms with E-state index >= 15 is 4.39 Å². The number of aromatic nitrogens is 2. The Kier molecular flexibility index (Phi) is 8.08. The van der Waals surface area contributed by atoms with E-state index in [9.17, 15) is 14.7 Å². The van der Waals surface area contributed by atoms with Crippen LogP contribution in [0.4, 0.5) is 27.3 Å². The Balaban J connectivity index is 1.16. The fourth-order valence-corrected chi connectivity index (χ4v) is 6.79. The summed E-state index contributed by atoms with van der Waals surface area (Å²) in [6.45, 7) is 7.21. The van der Waals surface area contributed by atoms with Crippen LogP contribution in [0.15, 0.2) is 65.7 Å². The molecule has 0 unspecified atom stereocenters. The summed E-state index contributed by atoms with van der Waals surface area (Å²) >= 11 is 0. The van der Waals surface area contributed by atoms with Crippen molar-refractivity contribution in [3.63, 3.8) is 0 Å². The van der Waals surface area contributed by atoms with E-state index in [2.05, 4.69) is 27.0 Å². The summed E-state index contributed by atoms with van der Waals surface area (Å²) < 4.78 is 16.8. The lowest BCUT2D eigenvalue weighted by Gasteiger charge is -2.35. The molecule has 1 aliphatic carbocycles. The van der Waals surface area contributed by atoms with Crippen molar-refractivity contribution in [2.45, 2.75) is 38.7 Å². The SMILES string of the molecule is CCN1CCN(c2ccc(Nc3cc(-c4cccc(N5CCc6cc(C7CC7)cc(F)c6C5=O)c4CO)cn(C)c3=O)nc2)CC1. The molecule has 10 heteroatoms. The average molecular weight is 623 g/mol. The smallest absolute Gasteiger partial charge is 0.274 e. The maximum atomic E-state index is 15.3. The Bertz CT molecular complexity index is 1840. The van der Waals surface area contributed by atoms with Crippen LogP contribution in [0.5, 0.6) is 0 Å². The zero-order valence-electron chi connectivity index (χ0n) is 26.3. The highest BCUT2D eigenvalue weighted by Gasteiger charge is 2.33. The Morgan fingerprint density at radius 3 is 2.52 bits per heavy atom. The normalized spacial score (nSPS) is 16.9. The maximum absolute atomic E-state index is 15.3. The van der Waals surface area contributed by atoms with Crippen LogP contribution < -0.4 is 20.7 Å². The molecule has 1 saturated heterocycles. The number of halogens is 1. The van der Waals surface area contributed by atoms with Gasteiger partial charge in [0.05, 0.1) is 29.7 Å². The molecule has 238 valence electrons. The third-order valence-electron chi connectivity index (χ3n) is 9.60. The number of aliphatic hydroxyl groups excluding tert-OH is 1. The summed E-state index contributed by atoms with van der Waals surface area (Å²) in [5, 5.41) is 13.8. The van der Waals surface area contributed by atoms with Gasteiger partial charge in [-0.15, -0.1) is 0 Å². The van der Waals surface area contributed by atoms with E-state index < -0.39 is 11.7 Å². The zero-order chi connectivity index (χ0) is 31.9. The lowest BCUT2D eigenvalue weighted by molar-refractivity contribution is 0.0976. The van der Waals surface area contributed by atoms with Crippen LogP contribution in [0.1, 0.15) is 52.7 Å². The first kappa shape index (κ1) is 30.1. The summed E-state index contributed by atoms with van der Waals surface area (Å²) in [6.07, 6.45) is 6.20. The summed E-state index contributed by atoms with van der Waals surface area (Å²) in [6, 6.07) is 14.6. The Morgan fingerprint density at radius 2 is 1.83 bits per heavy atom. The molecule has 1 saturated carbocycles. The van der Waals surface area contributed by atoms with Crippen LogP contribution in [-0.2, 0) is 20.1 Å². The molecule has 7 rings (SSSR count). The number of likely N-dealkylation sites (N-methyl/N-ethyl adjacent to an activating group) is 1. The molecular formula is C36H39FN6O3. The molecule has 4 aromatic rings. The minimum atomic E-state index is -0.481. The molecular weight excluding hydrogens is 583 g/mol. The number of nitrogens with one attached hydrogen (secondary N) is 1. The molecule has 0 atom stereocenters. The number of carbonyl (C=O) groups excluding carboxylic acids is 1. The van der Waals surface area contributed by atoms with Gasteiger partial charge in [-0.1, -0.05) is 25.1 Å². The monoisotopic (exact) mass is 622 g/mol. The van der Waals surface area contributed by atoms with Crippen molar-refractivity contribution in [2.24, 2.45) is 7.05 Å². The highest BCUT2D eigenvalue weighted by molar-refractivity contribution is 6.09. The van der Waals surface area contributed by atoms with Gasteiger partial charge < -0.3 is 29.7 Å². The van der Waals surface area contributed by atoms with Crippen molar-refractivity contribution in [2.75, 3.05) is 54.4 Å². The van der Waals surface area contributed by atoms with Crippen molar-refractivity contribution < 1.29 is 14.3 Å². The van der Waals surface area contributed by atoms with Gasteiger partial charge in [0, 0.05) is 57.1 Å². The molecule has 2 aliphatic heterocycles. The van der Waals surface area contributed by atoms with Crippen LogP contribution in [0.25, 0.3) is 11.1 Å². The second kappa shape index (κ2) is 12.3. The molecule has 0 radical (unpaired) electrons. The first-order valence-corrected chi connectivity index (χ1v) is 16.1. The molecule has 0 spiro atoms. The summed E-state index contributed by atoms with van der Waals surface area (Å²) in [4.78, 5) is 37.8. The van der Waals surface area contributed by atoms with Crippen LogP contribution in [0, 0.1) is 5.82 Å². The highest BCUT2D eigenvalue weighted by Crippen LogP contribution is 2.42. The Labute approximate surface area is 267 Å². The van der Waals surface area contributed by atoms with Gasteiger partial charge in [0.15, 0.2) is 0 Å². The predicted octanol–water partition coefficient (Wildman–Crippen LogP) is 5.04. The van der Waals surface area contributed by atoms with Crippen molar-refractivity contribution in [1.82, 2.24) is 14.5 Å². The van der Waals surface area contributed by atoms with E-state index in [4.69, 9.17) is 0 Å². The number of amides is 1. The van der Waals surface area contributed by atoms with Gasteiger partial charge in [0.1, 0.15) is 17.3 Å². The lowest BCUT2D eigenvalue weighted by Crippen LogP contribution is -2.46. The van der Waals surface area contributed by atoms with E-state index in [0.717, 1.165) is 62.4 Å². The number of piperazine rings is 1. The summed E-state index contributed by atoms with van der Waals surface area (Å²) in [5.74, 6) is 0.0578. The largest absolute Gasteiger partial charge is 0.392 e. The average Bonchev–Trinajstić information content (AvgIpc) is 3.93. The van der Waals surface area contributed by atoms with Gasteiger partial charge in [-0.3, -0.25) is 9.59 Å². The maximum Gasteiger partial charge on any atom is 0.274 e. The summed E-state index contributed by atoms with van der Waals surface area (Å²) in [5.41, 5.74) is 5.42. The van der Waals surface area contributed by atoms with Crippen molar-refractivity contribution in [3.05, 3.63) is 99.3 Å². The highest BCUT2D eigenvalue weighted by atomic mass is 19.1. The minimum Gasteiger partial charge on any atom is -0.392 e. The molecule has 46 heavy (non-hydrogen) atoms. The number of aliphatic hydroxyl groups is 1. The number of rotatable bonds is 8. The molecule has 2 aromatic heterocycles. The third-order valence-corrected chi connectivity index (χ3v) is 9.60. The van der Waals surface area contributed by atoms with E-state index in [1.807, 2.05) is 36.5 Å². The summed E-state index contributed by atoms with van der Waals surface area (Å²) in [7, 11) is 1.68. The standard InChI is InChI=1S/C36H39FN6O3/c1-3-41-13-15-42(16-14-41)27-9-10-33(38-20-27)39-31-19-26(21-40(2)35(31)45)28-5-4-6-32(29(28)22-44)43-12-11-24-17-25(23-7-8-23)18-30(37)34(24)36(43)46/h4-6,9-10,17-21,23,44H,3,7-8,11-16,22H2,1-2H3,(H,38,39). The fourth-order valence-electron chi connectivity index (χ4n) is 6.79. The quantitative estimate of drug-likeness (QED) is 0.284. The lowest BCUT2D eigenvalue weighted by atomic mass is 9.92. The first-order valence-electron chi connectivity index (χ1n) is 16.1. The van der Waals surface area contributed by atoms with Crippen LogP contribution in [-0.4, -0.2) is 64.7 Å². The number of aryl methyl sites for hydroxylation is 1. The molecule has 3 aliphatic rings. The number of anilines is 4. The van der Waals surface area contributed by atoms with E-state index in [1.54, 1.807) is 30.3 Å². The second-order valence-corrected chi connectivity index (χ2v) is 12.5. The van der Waals surface area contributed by atoms with Crippen molar-refractivity contribution in [1.29, 1.82) is 0 Å². The van der Waals surface area contributed by atoms with Crippen molar-refractivity contribution in [3.8, 4) is 11.1 Å². The van der Waals surface area contributed by atoms with E-state index in [1.165, 1.54) is 10.6 Å². The van der Waals surface area contributed by atoms with Gasteiger partial charge in [-0.05, 0) is 78.7 Å². The van der Waals surface area contributed by atoms with Crippen LogP contribution >= 0.6 is 0 Å². The molecule has 9 nitrogen and oxygen atoms in total. The first-order chi connectivity index (χ1) is 22.3. The van der Waals surface area contributed by atoms with Crippen molar-refractivity contribution >= 4 is 28.8 Å².